The van der Waals surface area contributed by atoms with Crippen LogP contribution in [0, 0.1) is 6.92 Å². The number of esters is 1. The lowest BCUT2D eigenvalue weighted by atomic mass is 9.93. The summed E-state index contributed by atoms with van der Waals surface area (Å²) in [4.78, 5) is 32.3. The van der Waals surface area contributed by atoms with Gasteiger partial charge in [0.15, 0.2) is 4.80 Å². The number of carbonyl (C=O) groups is 1. The Balaban J connectivity index is 2.04. The normalized spacial score (nSPS) is 15.6. The molecule has 0 aliphatic carbocycles. The van der Waals surface area contributed by atoms with Gasteiger partial charge in [0.2, 0.25) is 0 Å². The number of rotatable bonds is 7. The number of hydrogen-bond donors (Lipinski definition) is 0. The minimum Gasteiger partial charge on any atom is -0.496 e. The zero-order valence-corrected chi connectivity index (χ0v) is 21.7. The lowest BCUT2D eigenvalue weighted by Gasteiger charge is -2.27. The monoisotopic (exact) mass is 510 g/mol. The summed E-state index contributed by atoms with van der Waals surface area (Å²) in [6.07, 6.45) is 3.19. The van der Waals surface area contributed by atoms with Gasteiger partial charge in [0, 0.05) is 10.6 Å². The van der Waals surface area contributed by atoms with Crippen LogP contribution in [0.3, 0.4) is 0 Å². The second kappa shape index (κ2) is 10.6. The van der Waals surface area contributed by atoms with E-state index in [0.29, 0.717) is 43.4 Å². The first-order valence-corrected chi connectivity index (χ1v) is 12.7. The van der Waals surface area contributed by atoms with Gasteiger partial charge in [0.25, 0.3) is 5.56 Å². The van der Waals surface area contributed by atoms with Crippen molar-refractivity contribution in [3.05, 3.63) is 95.1 Å². The number of methoxy groups -OCH3 is 1. The Bertz CT molecular complexity index is 1470. The lowest BCUT2D eigenvalue weighted by molar-refractivity contribution is -0.139. The van der Waals surface area contributed by atoms with E-state index in [0.717, 1.165) is 17.5 Å². The summed E-state index contributed by atoms with van der Waals surface area (Å²) in [5, 5.41) is 0.472. The predicted molar refractivity (Wildman–Crippen MR) is 139 cm³/mol. The molecule has 35 heavy (non-hydrogen) atoms. The standard InChI is InChI=1S/C27H27ClN2O4S/c1-5-7-20-23(26(32)34-6-2)24(19-15-18(28)12-13-21(19)33-4)30-25(31)22(35-27(30)29-20)14-17-10-8-16(3)9-11-17/h8-15,24H,5-7H2,1-4H3/b22-14+/t24-/m0/s1. The first-order valence-electron chi connectivity index (χ1n) is 11.5. The molecule has 8 heteroatoms. The fraction of sp³-hybridized carbons (Fsp3) is 0.296. The second-order valence-electron chi connectivity index (χ2n) is 8.21. The van der Waals surface area contributed by atoms with Gasteiger partial charge in [0.05, 0.1) is 29.5 Å². The Labute approximate surface area is 212 Å². The molecule has 6 nitrogen and oxygen atoms in total. The lowest BCUT2D eigenvalue weighted by Crippen LogP contribution is -2.40. The topological polar surface area (TPSA) is 69.9 Å². The number of thiazole rings is 1. The third kappa shape index (κ3) is 4.97. The number of hydrogen-bond acceptors (Lipinski definition) is 6. The van der Waals surface area contributed by atoms with Gasteiger partial charge in [-0.25, -0.2) is 9.79 Å². The Morgan fingerprint density at radius 1 is 1.20 bits per heavy atom. The van der Waals surface area contributed by atoms with E-state index >= 15 is 0 Å². The number of ether oxygens (including phenoxy) is 2. The van der Waals surface area contributed by atoms with Crippen molar-refractivity contribution in [3.63, 3.8) is 0 Å². The van der Waals surface area contributed by atoms with Gasteiger partial charge in [-0.3, -0.25) is 9.36 Å². The molecule has 182 valence electrons. The predicted octanol–water partition coefficient (Wildman–Crippen LogP) is 4.55. The molecule has 3 aromatic rings. The third-order valence-electron chi connectivity index (χ3n) is 5.75. The first-order chi connectivity index (χ1) is 16.9. The van der Waals surface area contributed by atoms with Gasteiger partial charge in [-0.1, -0.05) is 66.1 Å². The van der Waals surface area contributed by atoms with E-state index in [4.69, 9.17) is 26.1 Å². The average Bonchev–Trinajstić information content (AvgIpc) is 3.14. The Hall–Kier alpha value is -3.16. The zero-order valence-electron chi connectivity index (χ0n) is 20.1. The van der Waals surface area contributed by atoms with Crippen molar-refractivity contribution in [1.82, 2.24) is 4.57 Å². The van der Waals surface area contributed by atoms with E-state index in [1.807, 2.05) is 44.2 Å². The smallest absolute Gasteiger partial charge is 0.338 e. The fourth-order valence-corrected chi connectivity index (χ4v) is 5.35. The maximum absolute atomic E-state index is 13.8. The van der Waals surface area contributed by atoms with Crippen LogP contribution in [0.5, 0.6) is 5.75 Å². The number of allylic oxidation sites excluding steroid dienone is 1. The summed E-state index contributed by atoms with van der Waals surface area (Å²) < 4.78 is 13.1. The molecule has 0 amide bonds. The molecule has 2 aromatic carbocycles. The van der Waals surface area contributed by atoms with E-state index in [-0.39, 0.29) is 12.2 Å². The molecule has 1 aromatic heterocycles. The van der Waals surface area contributed by atoms with Crippen LogP contribution in [0.1, 0.15) is 49.4 Å². The minimum atomic E-state index is -0.777. The van der Waals surface area contributed by atoms with Gasteiger partial charge in [-0.05, 0) is 50.1 Å². The fourth-order valence-electron chi connectivity index (χ4n) is 4.15. The number of aromatic nitrogens is 1. The van der Waals surface area contributed by atoms with Crippen LogP contribution in [0.15, 0.2) is 63.5 Å². The molecule has 2 heterocycles. The van der Waals surface area contributed by atoms with Gasteiger partial charge >= 0.3 is 5.97 Å². The summed E-state index contributed by atoms with van der Waals surface area (Å²) in [5.41, 5.74) is 3.37. The van der Waals surface area contributed by atoms with Gasteiger partial charge < -0.3 is 9.47 Å². The average molecular weight is 511 g/mol. The molecule has 1 aliphatic heterocycles. The molecule has 0 fully saturated rings. The van der Waals surface area contributed by atoms with Crippen LogP contribution >= 0.6 is 22.9 Å². The SMILES string of the molecule is CCCC1=C(C(=O)OCC)[C@H](c2cc(Cl)ccc2OC)n2c(s/c(=C/c3ccc(C)cc3)c2=O)=N1. The van der Waals surface area contributed by atoms with Crippen molar-refractivity contribution in [2.75, 3.05) is 13.7 Å². The molecule has 4 rings (SSSR count). The van der Waals surface area contributed by atoms with Crippen LogP contribution in [0.2, 0.25) is 5.02 Å². The number of carbonyl (C=O) groups excluding carboxylic acids is 1. The maximum Gasteiger partial charge on any atom is 0.338 e. The number of fused-ring (bicyclic) bond motifs is 1. The first kappa shape index (κ1) is 24.9. The van der Waals surface area contributed by atoms with Crippen LogP contribution < -0.4 is 19.6 Å². The number of halogens is 1. The molecule has 1 aliphatic rings. The van der Waals surface area contributed by atoms with Gasteiger partial charge in [0.1, 0.15) is 11.8 Å². The molecule has 0 radical (unpaired) electrons. The van der Waals surface area contributed by atoms with E-state index in [9.17, 15) is 9.59 Å². The molecule has 0 bridgehead atoms. The van der Waals surface area contributed by atoms with Crippen LogP contribution in [0.4, 0.5) is 0 Å². The highest BCUT2D eigenvalue weighted by Crippen LogP contribution is 2.38. The van der Waals surface area contributed by atoms with E-state index in [2.05, 4.69) is 0 Å². The minimum absolute atomic E-state index is 0.207. The highest BCUT2D eigenvalue weighted by molar-refractivity contribution is 7.07. The number of nitrogens with zero attached hydrogens (tertiary/aromatic N) is 2. The Kier molecular flexibility index (Phi) is 7.57. The number of benzene rings is 2. The third-order valence-corrected chi connectivity index (χ3v) is 6.97. The molecule has 0 spiro atoms. The summed E-state index contributed by atoms with van der Waals surface area (Å²) in [7, 11) is 1.55. The molecular weight excluding hydrogens is 484 g/mol. The molecule has 0 N–H and O–H groups in total. The van der Waals surface area contributed by atoms with Crippen molar-refractivity contribution in [2.24, 2.45) is 4.99 Å². The van der Waals surface area contributed by atoms with Crippen LogP contribution in [0.25, 0.3) is 6.08 Å². The zero-order chi connectivity index (χ0) is 25.1. The van der Waals surface area contributed by atoms with Crippen LogP contribution in [-0.4, -0.2) is 24.3 Å². The largest absolute Gasteiger partial charge is 0.496 e. The van der Waals surface area contributed by atoms with Gasteiger partial charge in [-0.2, -0.15) is 0 Å². The maximum atomic E-state index is 13.8. The molecular formula is C27H27ClN2O4S. The van der Waals surface area contributed by atoms with Crippen molar-refractivity contribution in [1.29, 1.82) is 0 Å². The summed E-state index contributed by atoms with van der Waals surface area (Å²) in [6, 6.07) is 12.3. The second-order valence-corrected chi connectivity index (χ2v) is 9.66. The van der Waals surface area contributed by atoms with Crippen molar-refractivity contribution >= 4 is 35.0 Å². The Morgan fingerprint density at radius 2 is 1.94 bits per heavy atom. The highest BCUT2D eigenvalue weighted by Gasteiger charge is 2.36. The van der Waals surface area contributed by atoms with Gasteiger partial charge in [-0.15, -0.1) is 0 Å². The molecule has 0 saturated heterocycles. The Morgan fingerprint density at radius 3 is 2.60 bits per heavy atom. The van der Waals surface area contributed by atoms with E-state index in [1.54, 1.807) is 36.8 Å². The van der Waals surface area contributed by atoms with E-state index < -0.39 is 12.0 Å². The van der Waals surface area contributed by atoms with Crippen LogP contribution in [-0.2, 0) is 9.53 Å². The van der Waals surface area contributed by atoms with Crippen molar-refractivity contribution < 1.29 is 14.3 Å². The molecule has 0 saturated carbocycles. The molecule has 1 atom stereocenters. The summed E-state index contributed by atoms with van der Waals surface area (Å²) in [5.74, 6) is 0.0200. The number of aryl methyl sites for hydroxylation is 1. The van der Waals surface area contributed by atoms with E-state index in [1.165, 1.54) is 11.3 Å². The van der Waals surface area contributed by atoms with Crippen molar-refractivity contribution in [3.8, 4) is 5.75 Å². The highest BCUT2D eigenvalue weighted by atomic mass is 35.5. The molecule has 0 unspecified atom stereocenters. The quantitative estimate of drug-likeness (QED) is 0.437. The summed E-state index contributed by atoms with van der Waals surface area (Å²) >= 11 is 7.67. The van der Waals surface area contributed by atoms with Crippen molar-refractivity contribution in [2.45, 2.75) is 39.7 Å². The summed E-state index contributed by atoms with van der Waals surface area (Å²) in [6.45, 7) is 6.00.